The number of ketones is 2. The van der Waals surface area contributed by atoms with Crippen LogP contribution in [0, 0.1) is 0 Å². The minimum atomic E-state index is -4.74. The van der Waals surface area contributed by atoms with Crippen molar-refractivity contribution >= 4 is 31.8 Å². The largest absolute Gasteiger partial charge is 0.329 e. The van der Waals surface area contributed by atoms with E-state index in [9.17, 15) is 26.4 Å². The molecule has 3 atom stereocenters. The van der Waals surface area contributed by atoms with E-state index in [-0.39, 0.29) is 0 Å². The molecule has 0 saturated carbocycles. The standard InChI is InChI=1S/C9H19N3O8S2/c10-3-7(21(15,16)17)6(13)2-1-5(12)9(14)8(4-11)22(18,19)20/h5,7-8H,1-4,10-12H2,(H,15,16,17)(H,18,19,20). The fourth-order valence-corrected chi connectivity index (χ4v) is 3.05. The van der Waals surface area contributed by atoms with Gasteiger partial charge < -0.3 is 17.2 Å². The van der Waals surface area contributed by atoms with Gasteiger partial charge in [0.05, 0.1) is 6.04 Å². The summed E-state index contributed by atoms with van der Waals surface area (Å²) in [6, 6.07) is -1.46. The molecule has 0 aliphatic heterocycles. The summed E-state index contributed by atoms with van der Waals surface area (Å²) in [4.78, 5) is 23.3. The third kappa shape index (κ3) is 6.04. The predicted molar refractivity (Wildman–Crippen MR) is 76.0 cm³/mol. The van der Waals surface area contributed by atoms with Gasteiger partial charge in [0.1, 0.15) is 0 Å². The van der Waals surface area contributed by atoms with Crippen LogP contribution in [-0.4, -0.2) is 67.1 Å². The molecule has 0 bridgehead atoms. The normalized spacial score (nSPS) is 16.8. The van der Waals surface area contributed by atoms with E-state index in [1.807, 2.05) is 0 Å². The van der Waals surface area contributed by atoms with E-state index in [0.29, 0.717) is 0 Å². The Balaban J connectivity index is 4.85. The van der Waals surface area contributed by atoms with Crippen molar-refractivity contribution in [3.63, 3.8) is 0 Å². The Kier molecular flexibility index (Phi) is 7.70. The van der Waals surface area contributed by atoms with Gasteiger partial charge in [-0.1, -0.05) is 0 Å². The zero-order chi connectivity index (χ0) is 17.7. The molecule has 0 radical (unpaired) electrons. The quantitative estimate of drug-likeness (QED) is 0.242. The van der Waals surface area contributed by atoms with Crippen molar-refractivity contribution in [2.45, 2.75) is 29.4 Å². The molecular formula is C9H19N3O8S2. The van der Waals surface area contributed by atoms with Crippen LogP contribution in [0.1, 0.15) is 12.8 Å². The average Bonchev–Trinajstić information content (AvgIpc) is 2.33. The van der Waals surface area contributed by atoms with Gasteiger partial charge in [-0.05, 0) is 6.42 Å². The molecule has 0 aliphatic rings. The topological polar surface area (TPSA) is 221 Å². The van der Waals surface area contributed by atoms with E-state index in [0.717, 1.165) is 0 Å². The molecule has 0 rings (SSSR count). The monoisotopic (exact) mass is 361 g/mol. The third-order valence-corrected chi connectivity index (χ3v) is 5.21. The summed E-state index contributed by atoms with van der Waals surface area (Å²) in [5, 5.41) is -3.77. The van der Waals surface area contributed by atoms with E-state index in [1.54, 1.807) is 0 Å². The Labute approximate surface area is 127 Å². The van der Waals surface area contributed by atoms with E-state index in [1.165, 1.54) is 0 Å². The summed E-state index contributed by atoms with van der Waals surface area (Å²) in [6.45, 7) is -1.35. The van der Waals surface area contributed by atoms with Crippen molar-refractivity contribution in [3.05, 3.63) is 0 Å². The summed E-state index contributed by atoms with van der Waals surface area (Å²) in [6.07, 6.45) is -0.924. The maximum absolute atomic E-state index is 11.7. The van der Waals surface area contributed by atoms with Crippen LogP contribution >= 0.6 is 0 Å². The van der Waals surface area contributed by atoms with Gasteiger partial charge in [0.2, 0.25) is 0 Å². The first-order chi connectivity index (χ1) is 9.86. The molecule has 0 heterocycles. The smallest absolute Gasteiger partial charge is 0.276 e. The number of carbonyl (C=O) groups excluding carboxylic acids is 2. The van der Waals surface area contributed by atoms with Gasteiger partial charge in [-0.15, -0.1) is 0 Å². The number of hydrogen-bond acceptors (Lipinski definition) is 9. The fourth-order valence-electron chi connectivity index (χ4n) is 1.64. The van der Waals surface area contributed by atoms with Gasteiger partial charge in [0.25, 0.3) is 20.2 Å². The van der Waals surface area contributed by atoms with Crippen molar-refractivity contribution < 1.29 is 35.5 Å². The van der Waals surface area contributed by atoms with Gasteiger partial charge in [0, 0.05) is 19.5 Å². The van der Waals surface area contributed by atoms with Gasteiger partial charge >= 0.3 is 0 Å². The molecule has 11 nitrogen and oxygen atoms in total. The number of rotatable bonds is 10. The Morgan fingerprint density at radius 3 is 1.64 bits per heavy atom. The van der Waals surface area contributed by atoms with Crippen molar-refractivity contribution in [2.24, 2.45) is 17.2 Å². The summed E-state index contributed by atoms with van der Waals surface area (Å²) in [5.41, 5.74) is 15.5. The Morgan fingerprint density at radius 2 is 1.32 bits per heavy atom. The first-order valence-corrected chi connectivity index (χ1v) is 9.01. The van der Waals surface area contributed by atoms with E-state index in [4.69, 9.17) is 26.3 Å². The Bertz CT molecular complexity index is 615. The lowest BCUT2D eigenvalue weighted by atomic mass is 10.0. The predicted octanol–water partition coefficient (Wildman–Crippen LogP) is -3.34. The van der Waals surface area contributed by atoms with Gasteiger partial charge in [0.15, 0.2) is 22.1 Å². The van der Waals surface area contributed by atoms with Gasteiger partial charge in [-0.2, -0.15) is 16.8 Å². The lowest BCUT2D eigenvalue weighted by Crippen LogP contribution is -2.46. The number of carbonyl (C=O) groups is 2. The average molecular weight is 361 g/mol. The summed E-state index contributed by atoms with van der Waals surface area (Å²) >= 11 is 0. The highest BCUT2D eigenvalue weighted by Gasteiger charge is 2.34. The van der Waals surface area contributed by atoms with Crippen molar-refractivity contribution in [1.29, 1.82) is 0 Å². The molecule has 8 N–H and O–H groups in total. The van der Waals surface area contributed by atoms with E-state index < -0.39 is 74.3 Å². The minimum Gasteiger partial charge on any atom is -0.329 e. The molecule has 3 unspecified atom stereocenters. The highest BCUT2D eigenvalue weighted by molar-refractivity contribution is 7.87. The second kappa shape index (κ2) is 8.05. The Morgan fingerprint density at radius 1 is 0.909 bits per heavy atom. The van der Waals surface area contributed by atoms with Crippen LogP contribution in [0.25, 0.3) is 0 Å². The molecular weight excluding hydrogens is 342 g/mol. The molecule has 0 aromatic carbocycles. The second-order valence-electron chi connectivity index (χ2n) is 4.49. The van der Waals surface area contributed by atoms with Crippen LogP contribution in [0.15, 0.2) is 0 Å². The van der Waals surface area contributed by atoms with Crippen LogP contribution in [0.4, 0.5) is 0 Å². The molecule has 0 aliphatic carbocycles. The molecule has 0 fully saturated rings. The van der Waals surface area contributed by atoms with Gasteiger partial charge in [-0.25, -0.2) is 0 Å². The molecule has 13 heteroatoms. The summed E-state index contributed by atoms with van der Waals surface area (Å²) in [5.74, 6) is -2.07. The molecule has 0 saturated heterocycles. The molecule has 0 aromatic rings. The zero-order valence-corrected chi connectivity index (χ0v) is 13.1. The molecule has 130 valence electrons. The van der Waals surface area contributed by atoms with Crippen LogP contribution in [0.5, 0.6) is 0 Å². The first kappa shape index (κ1) is 21.0. The first-order valence-electron chi connectivity index (χ1n) is 6.01. The lowest BCUT2D eigenvalue weighted by Gasteiger charge is -2.16. The molecule has 0 aromatic heterocycles. The second-order valence-corrected chi connectivity index (χ2v) is 7.69. The highest BCUT2D eigenvalue weighted by atomic mass is 32.2. The molecule has 0 amide bonds. The lowest BCUT2D eigenvalue weighted by molar-refractivity contribution is -0.120. The van der Waals surface area contributed by atoms with Crippen LogP contribution in [0.3, 0.4) is 0 Å². The number of Topliss-reactive ketones (excluding diaryl/α,β-unsaturated/α-hetero) is 2. The van der Waals surface area contributed by atoms with Crippen molar-refractivity contribution in [2.75, 3.05) is 13.1 Å². The van der Waals surface area contributed by atoms with Crippen molar-refractivity contribution in [3.8, 4) is 0 Å². The summed E-state index contributed by atoms with van der Waals surface area (Å²) < 4.78 is 61.3. The third-order valence-electron chi connectivity index (χ3n) is 2.89. The zero-order valence-electron chi connectivity index (χ0n) is 11.5. The van der Waals surface area contributed by atoms with Crippen LogP contribution in [0.2, 0.25) is 0 Å². The Hall–Kier alpha value is -0.960. The summed E-state index contributed by atoms with van der Waals surface area (Å²) in [7, 11) is -9.42. The number of hydrogen-bond donors (Lipinski definition) is 5. The fraction of sp³-hybridized carbons (Fsp3) is 0.778. The van der Waals surface area contributed by atoms with E-state index in [2.05, 4.69) is 0 Å². The van der Waals surface area contributed by atoms with Crippen molar-refractivity contribution in [1.82, 2.24) is 0 Å². The van der Waals surface area contributed by atoms with Gasteiger partial charge in [-0.3, -0.25) is 18.7 Å². The maximum Gasteiger partial charge on any atom is 0.276 e. The highest BCUT2D eigenvalue weighted by Crippen LogP contribution is 2.09. The number of nitrogens with two attached hydrogens (primary N) is 3. The molecule has 22 heavy (non-hydrogen) atoms. The SMILES string of the molecule is NCC(C(=O)CCC(N)C(=O)C(CN)S(=O)(=O)O)S(=O)(=O)O. The van der Waals surface area contributed by atoms with Crippen LogP contribution in [-0.2, 0) is 29.8 Å². The minimum absolute atomic E-state index is 0.393. The maximum atomic E-state index is 11.7. The van der Waals surface area contributed by atoms with Crippen LogP contribution < -0.4 is 17.2 Å². The van der Waals surface area contributed by atoms with E-state index >= 15 is 0 Å². The molecule has 0 spiro atoms.